The van der Waals surface area contributed by atoms with Gasteiger partial charge in [0.2, 0.25) is 0 Å². The van der Waals surface area contributed by atoms with E-state index in [2.05, 4.69) is 24.1 Å². The molecule has 2 unspecified atom stereocenters. The molecule has 0 aromatic carbocycles. The molecule has 118 valence electrons. The van der Waals surface area contributed by atoms with Crippen LogP contribution in [0.1, 0.15) is 65.2 Å². The highest BCUT2D eigenvalue weighted by atomic mass is 16.3. The number of likely N-dealkylation sites (tertiary alicyclic amines) is 1. The van der Waals surface area contributed by atoms with E-state index < -0.39 is 0 Å². The van der Waals surface area contributed by atoms with Gasteiger partial charge in [-0.1, -0.05) is 19.3 Å². The Morgan fingerprint density at radius 2 is 1.75 bits per heavy atom. The highest BCUT2D eigenvalue weighted by molar-refractivity contribution is 4.92. The first-order chi connectivity index (χ1) is 9.52. The molecule has 20 heavy (non-hydrogen) atoms. The lowest BCUT2D eigenvalue weighted by Gasteiger charge is -2.47. The number of nitrogens with one attached hydrogen (secondary N) is 1. The fourth-order valence-electron chi connectivity index (χ4n) is 4.27. The second-order valence-corrected chi connectivity index (χ2v) is 7.62. The van der Waals surface area contributed by atoms with E-state index in [1.165, 1.54) is 58.0 Å². The van der Waals surface area contributed by atoms with Crippen molar-refractivity contribution in [1.82, 2.24) is 10.2 Å². The molecule has 3 heteroatoms. The van der Waals surface area contributed by atoms with Crippen molar-refractivity contribution in [2.45, 2.75) is 76.8 Å². The van der Waals surface area contributed by atoms with Crippen molar-refractivity contribution in [2.24, 2.45) is 5.41 Å². The van der Waals surface area contributed by atoms with Gasteiger partial charge in [0.05, 0.1) is 6.61 Å². The van der Waals surface area contributed by atoms with Crippen molar-refractivity contribution in [3.8, 4) is 0 Å². The Morgan fingerprint density at radius 1 is 1.15 bits per heavy atom. The fraction of sp³-hybridized carbons (Fsp3) is 1.00. The second-order valence-electron chi connectivity index (χ2n) is 7.62. The molecule has 1 spiro atoms. The van der Waals surface area contributed by atoms with Crippen LogP contribution in [0.5, 0.6) is 0 Å². The predicted molar refractivity (Wildman–Crippen MR) is 85.0 cm³/mol. The summed E-state index contributed by atoms with van der Waals surface area (Å²) >= 11 is 0. The topological polar surface area (TPSA) is 35.5 Å². The molecule has 1 heterocycles. The molecule has 2 aliphatic rings. The van der Waals surface area contributed by atoms with Gasteiger partial charge in [-0.2, -0.15) is 0 Å². The van der Waals surface area contributed by atoms with Gasteiger partial charge < -0.3 is 15.3 Å². The molecule has 0 amide bonds. The first-order valence-electron chi connectivity index (χ1n) is 8.56. The zero-order valence-corrected chi connectivity index (χ0v) is 13.7. The predicted octanol–water partition coefficient (Wildman–Crippen LogP) is 2.78. The fourth-order valence-corrected chi connectivity index (χ4v) is 4.27. The number of hydrogen-bond donors (Lipinski definition) is 2. The number of likely N-dealkylation sites (N-methyl/N-ethyl adjacent to an activating group) is 1. The molecule has 1 saturated carbocycles. The summed E-state index contributed by atoms with van der Waals surface area (Å²) in [4.78, 5) is 2.64. The Bertz CT molecular complexity index is 285. The maximum Gasteiger partial charge on any atom is 0.0611 e. The molecule has 1 aliphatic heterocycles. The van der Waals surface area contributed by atoms with Crippen LogP contribution in [0.25, 0.3) is 0 Å². The highest BCUT2D eigenvalue weighted by Crippen LogP contribution is 2.44. The summed E-state index contributed by atoms with van der Waals surface area (Å²) in [5.74, 6) is 0. The number of rotatable bonds is 5. The van der Waals surface area contributed by atoms with Gasteiger partial charge in [-0.05, 0) is 71.5 Å². The van der Waals surface area contributed by atoms with Gasteiger partial charge in [-0.3, -0.25) is 0 Å². The minimum atomic E-state index is -0.139. The number of piperidine rings is 1. The molecule has 0 radical (unpaired) electrons. The second kappa shape index (κ2) is 6.76. The maximum absolute atomic E-state index is 9.55. The van der Waals surface area contributed by atoms with E-state index in [0.29, 0.717) is 11.5 Å². The summed E-state index contributed by atoms with van der Waals surface area (Å²) in [6.45, 7) is 7.17. The van der Waals surface area contributed by atoms with Gasteiger partial charge in [0.1, 0.15) is 0 Å². The summed E-state index contributed by atoms with van der Waals surface area (Å²) in [5, 5.41) is 12.8. The Labute approximate surface area is 125 Å². The smallest absolute Gasteiger partial charge is 0.0611 e. The lowest BCUT2D eigenvalue weighted by atomic mass is 9.68. The highest BCUT2D eigenvalue weighted by Gasteiger charge is 2.37. The van der Waals surface area contributed by atoms with E-state index in [1.54, 1.807) is 0 Å². The van der Waals surface area contributed by atoms with Gasteiger partial charge in [0.25, 0.3) is 0 Å². The molecule has 2 rings (SSSR count). The van der Waals surface area contributed by atoms with Gasteiger partial charge >= 0.3 is 0 Å². The molecule has 0 aromatic heterocycles. The monoisotopic (exact) mass is 282 g/mol. The zero-order valence-electron chi connectivity index (χ0n) is 13.7. The van der Waals surface area contributed by atoms with Crippen molar-refractivity contribution in [3.63, 3.8) is 0 Å². The lowest BCUT2D eigenvalue weighted by Crippen LogP contribution is -2.51. The van der Waals surface area contributed by atoms with Gasteiger partial charge in [0, 0.05) is 11.6 Å². The molecular weight excluding hydrogens is 248 g/mol. The van der Waals surface area contributed by atoms with Crippen LogP contribution >= 0.6 is 0 Å². The quantitative estimate of drug-likeness (QED) is 0.814. The molecule has 3 nitrogen and oxygen atoms in total. The third-order valence-corrected chi connectivity index (χ3v) is 6.09. The lowest BCUT2D eigenvalue weighted by molar-refractivity contribution is 0.0355. The van der Waals surface area contributed by atoms with Crippen LogP contribution in [0.4, 0.5) is 0 Å². The van der Waals surface area contributed by atoms with Crippen LogP contribution in [-0.4, -0.2) is 48.3 Å². The Hall–Kier alpha value is -0.120. The first-order valence-corrected chi connectivity index (χ1v) is 8.56. The van der Waals surface area contributed by atoms with Crippen LogP contribution in [0.2, 0.25) is 0 Å². The molecule has 2 atom stereocenters. The zero-order chi connectivity index (χ0) is 14.6. The minimum absolute atomic E-state index is 0.139. The SMILES string of the molecule is CNC(C)(CO)CC(C)N1CCC2(CCCCC2)CC1. The molecule has 2 N–H and O–H groups in total. The van der Waals surface area contributed by atoms with E-state index in [4.69, 9.17) is 0 Å². The van der Waals surface area contributed by atoms with Gasteiger partial charge in [0.15, 0.2) is 0 Å². The van der Waals surface area contributed by atoms with Crippen molar-refractivity contribution >= 4 is 0 Å². The van der Waals surface area contributed by atoms with Crippen LogP contribution in [-0.2, 0) is 0 Å². The van der Waals surface area contributed by atoms with E-state index in [-0.39, 0.29) is 12.1 Å². The summed E-state index contributed by atoms with van der Waals surface area (Å²) in [7, 11) is 1.95. The number of nitrogens with zero attached hydrogens (tertiary/aromatic N) is 1. The normalized spacial score (nSPS) is 28.2. The maximum atomic E-state index is 9.55. The largest absolute Gasteiger partial charge is 0.394 e. The van der Waals surface area contributed by atoms with E-state index in [0.717, 1.165) is 6.42 Å². The molecule has 0 bridgehead atoms. The average molecular weight is 282 g/mol. The third kappa shape index (κ3) is 3.75. The summed E-state index contributed by atoms with van der Waals surface area (Å²) in [5.41, 5.74) is 0.553. The molecular formula is C17H34N2O. The van der Waals surface area contributed by atoms with Gasteiger partial charge in [-0.25, -0.2) is 0 Å². The molecule has 1 aliphatic carbocycles. The summed E-state index contributed by atoms with van der Waals surface area (Å²) < 4.78 is 0. The molecule has 1 saturated heterocycles. The number of aliphatic hydroxyl groups excluding tert-OH is 1. The van der Waals surface area contributed by atoms with Crippen LogP contribution < -0.4 is 5.32 Å². The Morgan fingerprint density at radius 3 is 2.25 bits per heavy atom. The average Bonchev–Trinajstić information content (AvgIpc) is 2.48. The third-order valence-electron chi connectivity index (χ3n) is 6.09. The number of hydrogen-bond acceptors (Lipinski definition) is 3. The minimum Gasteiger partial charge on any atom is -0.394 e. The van der Waals surface area contributed by atoms with E-state index in [9.17, 15) is 5.11 Å². The van der Waals surface area contributed by atoms with Gasteiger partial charge in [-0.15, -0.1) is 0 Å². The molecule has 2 fully saturated rings. The van der Waals surface area contributed by atoms with Crippen molar-refractivity contribution in [1.29, 1.82) is 0 Å². The summed E-state index contributed by atoms with van der Waals surface area (Å²) in [6.07, 6.45) is 11.1. The van der Waals surface area contributed by atoms with Crippen molar-refractivity contribution in [2.75, 3.05) is 26.7 Å². The van der Waals surface area contributed by atoms with Crippen molar-refractivity contribution < 1.29 is 5.11 Å². The Balaban J connectivity index is 1.83. The number of aliphatic hydroxyl groups is 1. The first kappa shape index (κ1) is 16.3. The van der Waals surface area contributed by atoms with E-state index >= 15 is 0 Å². The Kier molecular flexibility index (Phi) is 5.49. The van der Waals surface area contributed by atoms with Crippen molar-refractivity contribution in [3.05, 3.63) is 0 Å². The summed E-state index contributed by atoms with van der Waals surface area (Å²) in [6, 6.07) is 0.556. The van der Waals surface area contributed by atoms with Crippen LogP contribution in [0.15, 0.2) is 0 Å². The molecule has 0 aromatic rings. The van der Waals surface area contributed by atoms with Crippen LogP contribution in [0, 0.1) is 5.41 Å². The van der Waals surface area contributed by atoms with Crippen LogP contribution in [0.3, 0.4) is 0 Å². The van der Waals surface area contributed by atoms with E-state index in [1.807, 2.05) is 7.05 Å². The standard InChI is InChI=1S/C17H34N2O/c1-15(13-16(2,14-20)18-3)19-11-9-17(10-12-19)7-5-4-6-8-17/h15,18,20H,4-14H2,1-3H3.